The van der Waals surface area contributed by atoms with Gasteiger partial charge >= 0.3 is 0 Å². The number of fused-ring (bicyclic) bond motifs is 1. The maximum atomic E-state index is 11.3. The molecular weight excluding hydrogens is 140 g/mol. The molecule has 3 heteroatoms. The largest absolute Gasteiger partial charge is 0.329 e. The van der Waals surface area contributed by atoms with Gasteiger partial charge in [0.1, 0.15) is 0 Å². The maximum absolute atomic E-state index is 11.3. The van der Waals surface area contributed by atoms with E-state index in [4.69, 9.17) is 0 Å². The van der Waals surface area contributed by atoms with Crippen LogP contribution in [-0.2, 0) is 6.54 Å². The van der Waals surface area contributed by atoms with Crippen molar-refractivity contribution >= 4 is 5.78 Å². The summed E-state index contributed by atoms with van der Waals surface area (Å²) in [5.74, 6) is 0.829. The Morgan fingerprint density at radius 1 is 1.45 bits per heavy atom. The number of nitrogens with zero attached hydrogens (tertiary/aromatic N) is 2. The Morgan fingerprint density at radius 2 is 2.36 bits per heavy atom. The lowest BCUT2D eigenvalue weighted by atomic mass is 10.2. The van der Waals surface area contributed by atoms with Gasteiger partial charge < -0.3 is 4.57 Å². The Labute approximate surface area is 65.1 Å². The van der Waals surface area contributed by atoms with Crippen molar-refractivity contribution in [3.8, 4) is 0 Å². The average molecular weight is 150 g/mol. The molecule has 0 bridgehead atoms. The third-order valence-electron chi connectivity index (χ3n) is 2.02. The molecule has 3 nitrogen and oxygen atoms in total. The molecule has 0 saturated heterocycles. The van der Waals surface area contributed by atoms with Crippen LogP contribution in [0.3, 0.4) is 0 Å². The third-order valence-corrected chi connectivity index (χ3v) is 2.02. The lowest BCUT2D eigenvalue weighted by Crippen LogP contribution is -2.05. The summed E-state index contributed by atoms with van der Waals surface area (Å²) in [6.45, 7) is 0.946. The average Bonchev–Trinajstić information content (AvgIpc) is 2.40. The number of aromatic nitrogens is 2. The van der Waals surface area contributed by atoms with Gasteiger partial charge in [0.25, 0.3) is 0 Å². The van der Waals surface area contributed by atoms with Gasteiger partial charge in [0.05, 0.1) is 0 Å². The summed E-state index contributed by atoms with van der Waals surface area (Å²) in [6.07, 6.45) is 6.32. The first-order valence-corrected chi connectivity index (χ1v) is 3.92. The molecule has 0 aromatic carbocycles. The zero-order chi connectivity index (χ0) is 7.68. The molecule has 0 radical (unpaired) electrons. The standard InChI is InChI=1S/C8H10N2O/c11-7-3-1-2-5-10-6-4-9-8(7)10/h4,6H,1-3,5H2. The summed E-state index contributed by atoms with van der Waals surface area (Å²) in [6, 6.07) is 0. The fourth-order valence-electron chi connectivity index (χ4n) is 1.42. The number of ketones is 1. The molecule has 0 aliphatic carbocycles. The van der Waals surface area contributed by atoms with Crippen LogP contribution < -0.4 is 0 Å². The molecule has 0 spiro atoms. The molecule has 0 atom stereocenters. The molecule has 1 aliphatic heterocycles. The number of hydrogen-bond donors (Lipinski definition) is 0. The number of carbonyl (C=O) groups is 1. The topological polar surface area (TPSA) is 34.9 Å². The fraction of sp³-hybridized carbons (Fsp3) is 0.500. The quantitative estimate of drug-likeness (QED) is 0.558. The van der Waals surface area contributed by atoms with Crippen LogP contribution in [0.5, 0.6) is 0 Å². The van der Waals surface area contributed by atoms with Gasteiger partial charge in [-0.05, 0) is 12.8 Å². The van der Waals surface area contributed by atoms with E-state index >= 15 is 0 Å². The predicted molar refractivity (Wildman–Crippen MR) is 40.4 cm³/mol. The lowest BCUT2D eigenvalue weighted by Gasteiger charge is -1.98. The molecule has 1 aromatic rings. The fourth-order valence-corrected chi connectivity index (χ4v) is 1.42. The van der Waals surface area contributed by atoms with E-state index in [0.29, 0.717) is 12.2 Å². The highest BCUT2D eigenvalue weighted by molar-refractivity contribution is 5.92. The summed E-state index contributed by atoms with van der Waals surface area (Å²) in [7, 11) is 0. The van der Waals surface area contributed by atoms with Gasteiger partial charge in [-0.25, -0.2) is 4.98 Å². The van der Waals surface area contributed by atoms with E-state index in [-0.39, 0.29) is 5.78 Å². The lowest BCUT2D eigenvalue weighted by molar-refractivity contribution is 0.0972. The summed E-state index contributed by atoms with van der Waals surface area (Å²) in [4.78, 5) is 15.3. The van der Waals surface area contributed by atoms with Crippen LogP contribution in [0.25, 0.3) is 0 Å². The Kier molecular flexibility index (Phi) is 1.49. The highest BCUT2D eigenvalue weighted by Gasteiger charge is 2.15. The molecule has 2 heterocycles. The zero-order valence-electron chi connectivity index (χ0n) is 6.29. The summed E-state index contributed by atoms with van der Waals surface area (Å²) < 4.78 is 1.94. The first-order chi connectivity index (χ1) is 5.38. The Morgan fingerprint density at radius 3 is 3.27 bits per heavy atom. The number of rotatable bonds is 0. The van der Waals surface area contributed by atoms with Gasteiger partial charge in [0.2, 0.25) is 0 Å². The van der Waals surface area contributed by atoms with Gasteiger partial charge in [-0.15, -0.1) is 0 Å². The van der Waals surface area contributed by atoms with Gasteiger partial charge in [-0.1, -0.05) is 0 Å². The van der Waals surface area contributed by atoms with Crippen molar-refractivity contribution in [1.29, 1.82) is 0 Å². The number of Topliss-reactive ketones (excluding diaryl/α,β-unsaturated/α-hetero) is 1. The Balaban J connectivity index is 2.41. The summed E-state index contributed by atoms with van der Waals surface area (Å²) in [5, 5.41) is 0. The third kappa shape index (κ3) is 1.06. The van der Waals surface area contributed by atoms with E-state index in [1.54, 1.807) is 6.20 Å². The molecule has 1 aromatic heterocycles. The molecule has 2 rings (SSSR count). The number of imidazole rings is 1. The van der Waals surface area contributed by atoms with Crippen molar-refractivity contribution in [2.45, 2.75) is 25.8 Å². The highest BCUT2D eigenvalue weighted by atomic mass is 16.1. The van der Waals surface area contributed by atoms with Crippen LogP contribution in [0.15, 0.2) is 12.4 Å². The highest BCUT2D eigenvalue weighted by Crippen LogP contribution is 2.11. The van der Waals surface area contributed by atoms with Crippen molar-refractivity contribution < 1.29 is 4.79 Å². The van der Waals surface area contributed by atoms with Crippen molar-refractivity contribution in [1.82, 2.24) is 9.55 Å². The second kappa shape index (κ2) is 2.49. The van der Waals surface area contributed by atoms with Gasteiger partial charge in [0.15, 0.2) is 11.6 Å². The number of hydrogen-bond acceptors (Lipinski definition) is 2. The van der Waals surface area contributed by atoms with E-state index < -0.39 is 0 Å². The van der Waals surface area contributed by atoms with E-state index in [9.17, 15) is 4.79 Å². The monoisotopic (exact) mass is 150 g/mol. The summed E-state index contributed by atoms with van der Waals surface area (Å²) in [5.41, 5.74) is 0. The summed E-state index contributed by atoms with van der Waals surface area (Å²) >= 11 is 0. The molecule has 0 unspecified atom stereocenters. The number of carbonyl (C=O) groups excluding carboxylic acids is 1. The minimum atomic E-state index is 0.188. The normalized spacial score (nSPS) is 17.6. The van der Waals surface area contributed by atoms with E-state index in [1.807, 2.05) is 10.8 Å². The molecule has 0 saturated carbocycles. The molecule has 11 heavy (non-hydrogen) atoms. The minimum absolute atomic E-state index is 0.188. The van der Waals surface area contributed by atoms with Crippen molar-refractivity contribution in [2.24, 2.45) is 0 Å². The van der Waals surface area contributed by atoms with Gasteiger partial charge in [-0.2, -0.15) is 0 Å². The second-order valence-corrected chi connectivity index (χ2v) is 2.82. The minimum Gasteiger partial charge on any atom is -0.329 e. The van der Waals surface area contributed by atoms with E-state index in [0.717, 1.165) is 19.4 Å². The molecule has 1 aliphatic rings. The van der Waals surface area contributed by atoms with Crippen LogP contribution >= 0.6 is 0 Å². The van der Waals surface area contributed by atoms with E-state index in [2.05, 4.69) is 4.98 Å². The maximum Gasteiger partial charge on any atom is 0.198 e. The van der Waals surface area contributed by atoms with E-state index in [1.165, 1.54) is 0 Å². The smallest absolute Gasteiger partial charge is 0.198 e. The van der Waals surface area contributed by atoms with Crippen molar-refractivity contribution in [3.63, 3.8) is 0 Å². The Bertz CT molecular complexity index is 277. The zero-order valence-corrected chi connectivity index (χ0v) is 6.29. The van der Waals surface area contributed by atoms with Crippen molar-refractivity contribution in [2.75, 3.05) is 0 Å². The Hall–Kier alpha value is -1.12. The predicted octanol–water partition coefficient (Wildman–Crippen LogP) is 1.25. The molecule has 0 amide bonds. The van der Waals surface area contributed by atoms with Crippen molar-refractivity contribution in [3.05, 3.63) is 18.2 Å². The molecular formula is C8H10N2O. The number of aryl methyl sites for hydroxylation is 1. The van der Waals surface area contributed by atoms with Crippen LogP contribution in [0.2, 0.25) is 0 Å². The van der Waals surface area contributed by atoms with Crippen LogP contribution in [0.1, 0.15) is 29.9 Å². The van der Waals surface area contributed by atoms with Crippen LogP contribution in [0, 0.1) is 0 Å². The first kappa shape index (κ1) is 6.58. The first-order valence-electron chi connectivity index (χ1n) is 3.92. The van der Waals surface area contributed by atoms with Gasteiger partial charge in [0, 0.05) is 25.4 Å². The van der Waals surface area contributed by atoms with Gasteiger partial charge in [-0.3, -0.25) is 4.79 Å². The molecule has 58 valence electrons. The second-order valence-electron chi connectivity index (χ2n) is 2.82. The van der Waals surface area contributed by atoms with Crippen LogP contribution in [-0.4, -0.2) is 15.3 Å². The molecule has 0 fully saturated rings. The SMILES string of the molecule is O=C1CCCCn2ccnc21. The van der Waals surface area contributed by atoms with Crippen LogP contribution in [0.4, 0.5) is 0 Å². The molecule has 0 N–H and O–H groups in total.